The maximum atomic E-state index is 12.6. The van der Waals surface area contributed by atoms with Crippen molar-refractivity contribution in [3.63, 3.8) is 0 Å². The second-order valence-corrected chi connectivity index (χ2v) is 6.93. The molecule has 0 N–H and O–H groups in total. The van der Waals surface area contributed by atoms with E-state index in [1.807, 2.05) is 18.2 Å². The molecule has 0 saturated carbocycles. The van der Waals surface area contributed by atoms with E-state index in [1.54, 1.807) is 6.07 Å². The number of carbonyl (C=O) groups excluding carboxylic acids is 1. The molecule has 0 fully saturated rings. The van der Waals surface area contributed by atoms with Crippen molar-refractivity contribution < 1.29 is 18.0 Å². The molecule has 0 aromatic heterocycles. The maximum absolute atomic E-state index is 12.6. The van der Waals surface area contributed by atoms with E-state index in [1.165, 1.54) is 28.8 Å². The number of thioether (sulfide) groups is 1. The molecule has 0 bridgehead atoms. The third-order valence-electron chi connectivity index (χ3n) is 3.82. The minimum absolute atomic E-state index is 0.200. The molecule has 2 aromatic rings. The topological polar surface area (TPSA) is 32.7 Å². The molecule has 136 valence electrons. The van der Waals surface area contributed by atoms with E-state index in [9.17, 15) is 18.0 Å². The van der Waals surface area contributed by atoms with Gasteiger partial charge in [0.25, 0.3) is 5.91 Å². The Morgan fingerprint density at radius 2 is 1.85 bits per heavy atom. The first-order valence-electron chi connectivity index (χ1n) is 7.76. The summed E-state index contributed by atoms with van der Waals surface area (Å²) in [6.07, 6.45) is -4.42. The van der Waals surface area contributed by atoms with Crippen LogP contribution < -0.4 is 0 Å². The molecule has 2 aromatic carbocycles. The second kappa shape index (κ2) is 7.72. The molecule has 1 aliphatic heterocycles. The predicted molar refractivity (Wildman–Crippen MR) is 97.5 cm³/mol. The van der Waals surface area contributed by atoms with Gasteiger partial charge in [-0.3, -0.25) is 14.7 Å². The van der Waals surface area contributed by atoms with Crippen LogP contribution in [0.3, 0.4) is 0 Å². The largest absolute Gasteiger partial charge is 0.416 e. The smallest absolute Gasteiger partial charge is 0.286 e. The molecule has 26 heavy (non-hydrogen) atoms. The fourth-order valence-electron chi connectivity index (χ4n) is 2.45. The number of alkyl halides is 3. The Kier molecular flexibility index (Phi) is 5.58. The van der Waals surface area contributed by atoms with E-state index in [0.29, 0.717) is 29.0 Å². The van der Waals surface area contributed by atoms with Crippen LogP contribution in [-0.4, -0.2) is 29.1 Å². The van der Waals surface area contributed by atoms with Crippen LogP contribution in [0.25, 0.3) is 0 Å². The van der Waals surface area contributed by atoms with Crippen molar-refractivity contribution in [3.8, 4) is 0 Å². The molecule has 3 rings (SSSR count). The number of amides is 1. The average Bonchev–Trinajstić information content (AvgIpc) is 3.08. The number of halogens is 4. The van der Waals surface area contributed by atoms with Gasteiger partial charge in [0.05, 0.1) is 12.1 Å². The third-order valence-corrected chi connectivity index (χ3v) is 5.25. The predicted octanol–water partition coefficient (Wildman–Crippen LogP) is 5.10. The van der Waals surface area contributed by atoms with Crippen LogP contribution in [0.15, 0.2) is 53.5 Å². The minimum atomic E-state index is -4.42. The van der Waals surface area contributed by atoms with Gasteiger partial charge in [0, 0.05) is 22.9 Å². The minimum Gasteiger partial charge on any atom is -0.286 e. The highest BCUT2D eigenvalue weighted by atomic mass is 35.5. The number of amidine groups is 1. The number of hydrogen-bond donors (Lipinski definition) is 0. The van der Waals surface area contributed by atoms with E-state index >= 15 is 0 Å². The van der Waals surface area contributed by atoms with E-state index in [-0.39, 0.29) is 11.5 Å². The maximum Gasteiger partial charge on any atom is 0.416 e. The van der Waals surface area contributed by atoms with Crippen LogP contribution >= 0.6 is 23.4 Å². The lowest BCUT2D eigenvalue weighted by Gasteiger charge is -2.18. The monoisotopic (exact) mass is 398 g/mol. The molecule has 8 heteroatoms. The SMILES string of the molecule is O=C(c1ccc(C(F)(F)F)cc1)N1CCN=C1SCc1ccccc1Cl. The fourth-order valence-corrected chi connectivity index (χ4v) is 3.78. The number of rotatable bonds is 3. The summed E-state index contributed by atoms with van der Waals surface area (Å²) in [5, 5.41) is 1.19. The van der Waals surface area contributed by atoms with Crippen molar-refractivity contribution in [1.29, 1.82) is 0 Å². The van der Waals surface area contributed by atoms with E-state index in [0.717, 1.165) is 17.7 Å². The summed E-state index contributed by atoms with van der Waals surface area (Å²) in [4.78, 5) is 18.4. The lowest BCUT2D eigenvalue weighted by molar-refractivity contribution is -0.137. The van der Waals surface area contributed by atoms with Gasteiger partial charge in [-0.15, -0.1) is 0 Å². The van der Waals surface area contributed by atoms with Crippen LogP contribution in [0.5, 0.6) is 0 Å². The number of nitrogens with zero attached hydrogens (tertiary/aromatic N) is 2. The van der Waals surface area contributed by atoms with Crippen molar-refractivity contribution in [2.24, 2.45) is 4.99 Å². The fraction of sp³-hybridized carbons (Fsp3) is 0.222. The quantitative estimate of drug-likeness (QED) is 0.720. The first-order chi connectivity index (χ1) is 12.4. The van der Waals surface area contributed by atoms with Crippen LogP contribution in [0.4, 0.5) is 13.2 Å². The lowest BCUT2D eigenvalue weighted by Crippen LogP contribution is -2.32. The number of hydrogen-bond acceptors (Lipinski definition) is 3. The summed E-state index contributed by atoms with van der Waals surface area (Å²) in [5.74, 6) is 0.191. The van der Waals surface area contributed by atoms with Gasteiger partial charge >= 0.3 is 6.18 Å². The summed E-state index contributed by atoms with van der Waals surface area (Å²) < 4.78 is 37.9. The average molecular weight is 399 g/mol. The standard InChI is InChI=1S/C18H14ClF3N2OS/c19-15-4-2-1-3-13(15)11-26-17-23-9-10-24(17)16(25)12-5-7-14(8-6-12)18(20,21)22/h1-8H,9-11H2. The van der Waals surface area contributed by atoms with Gasteiger partial charge in [-0.25, -0.2) is 0 Å². The lowest BCUT2D eigenvalue weighted by atomic mass is 10.1. The van der Waals surface area contributed by atoms with Crippen molar-refractivity contribution in [2.45, 2.75) is 11.9 Å². The van der Waals surface area contributed by atoms with Crippen molar-refractivity contribution in [3.05, 3.63) is 70.2 Å². The van der Waals surface area contributed by atoms with Gasteiger partial charge in [-0.2, -0.15) is 13.2 Å². The molecular weight excluding hydrogens is 385 g/mol. The number of benzene rings is 2. The number of aliphatic imine (C=N–C) groups is 1. The molecule has 0 radical (unpaired) electrons. The zero-order chi connectivity index (χ0) is 18.7. The van der Waals surface area contributed by atoms with Crippen molar-refractivity contribution in [1.82, 2.24) is 4.90 Å². The highest BCUT2D eigenvalue weighted by molar-refractivity contribution is 8.13. The molecule has 0 spiro atoms. The molecule has 3 nitrogen and oxygen atoms in total. The summed E-state index contributed by atoms with van der Waals surface area (Å²) in [6.45, 7) is 0.877. The summed E-state index contributed by atoms with van der Waals surface area (Å²) in [5.41, 5.74) is 0.346. The summed E-state index contributed by atoms with van der Waals surface area (Å²) in [7, 11) is 0. The Labute approximate surface area is 157 Å². The normalized spacial score (nSPS) is 14.5. The molecule has 0 atom stereocenters. The Bertz CT molecular complexity index is 837. The zero-order valence-electron chi connectivity index (χ0n) is 13.5. The van der Waals surface area contributed by atoms with Gasteiger partial charge < -0.3 is 0 Å². The second-order valence-electron chi connectivity index (χ2n) is 5.58. The highest BCUT2D eigenvalue weighted by Crippen LogP contribution is 2.30. The van der Waals surface area contributed by atoms with Crippen LogP contribution in [0, 0.1) is 0 Å². The molecule has 0 unspecified atom stereocenters. The first kappa shape index (κ1) is 18.8. The molecule has 0 aliphatic carbocycles. The number of carbonyl (C=O) groups is 1. The van der Waals surface area contributed by atoms with Crippen molar-refractivity contribution >= 4 is 34.4 Å². The Balaban J connectivity index is 1.69. The molecule has 1 heterocycles. The van der Waals surface area contributed by atoms with Crippen LogP contribution in [0.1, 0.15) is 21.5 Å². The Morgan fingerprint density at radius 3 is 2.50 bits per heavy atom. The highest BCUT2D eigenvalue weighted by Gasteiger charge is 2.31. The Morgan fingerprint density at radius 1 is 1.15 bits per heavy atom. The van der Waals surface area contributed by atoms with Gasteiger partial charge in [-0.05, 0) is 35.9 Å². The van der Waals surface area contributed by atoms with E-state index < -0.39 is 11.7 Å². The molecule has 1 amide bonds. The summed E-state index contributed by atoms with van der Waals surface area (Å²) in [6, 6.07) is 11.6. The van der Waals surface area contributed by atoms with Gasteiger partial charge in [0.2, 0.25) is 0 Å². The third kappa shape index (κ3) is 4.22. The van der Waals surface area contributed by atoms with Crippen LogP contribution in [-0.2, 0) is 11.9 Å². The molecular formula is C18H14ClF3N2OS. The van der Waals surface area contributed by atoms with Gasteiger partial charge in [0.1, 0.15) is 0 Å². The molecule has 1 aliphatic rings. The first-order valence-corrected chi connectivity index (χ1v) is 9.12. The van der Waals surface area contributed by atoms with Crippen molar-refractivity contribution in [2.75, 3.05) is 13.1 Å². The van der Waals surface area contributed by atoms with Gasteiger partial charge in [0.15, 0.2) is 5.17 Å². The zero-order valence-corrected chi connectivity index (χ0v) is 15.0. The van der Waals surface area contributed by atoms with Crippen LogP contribution in [0.2, 0.25) is 5.02 Å². The Hall–Kier alpha value is -1.99. The molecule has 0 saturated heterocycles. The summed E-state index contributed by atoms with van der Waals surface area (Å²) >= 11 is 7.51. The van der Waals surface area contributed by atoms with E-state index in [2.05, 4.69) is 4.99 Å². The van der Waals surface area contributed by atoms with Gasteiger partial charge in [-0.1, -0.05) is 41.6 Å². The van der Waals surface area contributed by atoms with E-state index in [4.69, 9.17) is 11.6 Å².